The summed E-state index contributed by atoms with van der Waals surface area (Å²) in [7, 11) is 0. The van der Waals surface area contributed by atoms with Crippen molar-refractivity contribution in [1.82, 2.24) is 10.6 Å². The van der Waals surface area contributed by atoms with Gasteiger partial charge < -0.3 is 21.1 Å². The van der Waals surface area contributed by atoms with E-state index in [1.54, 1.807) is 13.0 Å². The number of rotatable bonds is 3. The fraction of sp³-hybridized carbons (Fsp3) is 0.357. The second kappa shape index (κ2) is 6.25. The van der Waals surface area contributed by atoms with Crippen LogP contribution < -0.4 is 16.0 Å². The first-order chi connectivity index (χ1) is 9.95. The Labute approximate surface area is 121 Å². The summed E-state index contributed by atoms with van der Waals surface area (Å²) in [4.78, 5) is 33.8. The van der Waals surface area contributed by atoms with Crippen LogP contribution in [0.2, 0.25) is 0 Å². The van der Waals surface area contributed by atoms with Gasteiger partial charge in [0, 0.05) is 24.7 Å². The summed E-state index contributed by atoms with van der Waals surface area (Å²) in [5.74, 6) is -1.01. The number of nitrogens with one attached hydrogen (secondary N) is 3. The van der Waals surface area contributed by atoms with Crippen molar-refractivity contribution in [2.45, 2.75) is 25.8 Å². The van der Waals surface area contributed by atoms with E-state index in [1.807, 2.05) is 0 Å². The number of benzene rings is 1. The maximum atomic E-state index is 11.9. The Morgan fingerprint density at radius 3 is 2.71 bits per heavy atom. The molecule has 1 saturated heterocycles. The van der Waals surface area contributed by atoms with Crippen LogP contribution >= 0.6 is 0 Å². The van der Waals surface area contributed by atoms with E-state index in [2.05, 4.69) is 16.0 Å². The van der Waals surface area contributed by atoms with Crippen LogP contribution in [0.1, 0.15) is 28.8 Å². The number of carboxylic acids is 1. The first-order valence-corrected chi connectivity index (χ1v) is 6.64. The number of hydrogen-bond acceptors (Lipinski definition) is 3. The normalized spacial score (nSPS) is 17.8. The molecule has 1 aromatic rings. The molecule has 2 rings (SSSR count). The molecule has 3 amide bonds. The molecule has 0 aliphatic carbocycles. The third-order valence-electron chi connectivity index (χ3n) is 3.32. The van der Waals surface area contributed by atoms with Gasteiger partial charge in [-0.25, -0.2) is 9.59 Å². The number of aryl methyl sites for hydroxylation is 1. The van der Waals surface area contributed by atoms with Gasteiger partial charge in [0.2, 0.25) is 5.91 Å². The van der Waals surface area contributed by atoms with Gasteiger partial charge in [-0.05, 0) is 37.1 Å². The third-order valence-corrected chi connectivity index (χ3v) is 3.32. The number of anilines is 1. The third kappa shape index (κ3) is 3.95. The van der Waals surface area contributed by atoms with E-state index in [9.17, 15) is 14.4 Å². The molecular weight excluding hydrogens is 274 g/mol. The quantitative estimate of drug-likeness (QED) is 0.668. The Balaban J connectivity index is 1.93. The van der Waals surface area contributed by atoms with Crippen LogP contribution in [0.3, 0.4) is 0 Å². The van der Waals surface area contributed by atoms with Gasteiger partial charge in [0.25, 0.3) is 0 Å². The Bertz CT molecular complexity index is 576. The first-order valence-electron chi connectivity index (χ1n) is 6.64. The Hall–Kier alpha value is -2.57. The number of carbonyl (C=O) groups is 3. The van der Waals surface area contributed by atoms with Gasteiger partial charge in [-0.2, -0.15) is 0 Å². The second-order valence-corrected chi connectivity index (χ2v) is 4.97. The summed E-state index contributed by atoms with van der Waals surface area (Å²) < 4.78 is 0. The number of amides is 3. The Kier molecular flexibility index (Phi) is 4.42. The molecule has 7 heteroatoms. The standard InChI is InChI=1S/C14H17N3O4/c1-8-6-9(13(19)20)2-4-11(8)17-14(21)16-10-3-5-12(18)15-7-10/h2,4,6,10H,3,5,7H2,1H3,(H,15,18)(H,19,20)(H2,16,17,21). The molecule has 112 valence electrons. The topological polar surface area (TPSA) is 108 Å². The van der Waals surface area contributed by atoms with E-state index in [-0.39, 0.29) is 23.5 Å². The van der Waals surface area contributed by atoms with E-state index in [4.69, 9.17) is 5.11 Å². The number of carbonyl (C=O) groups excluding carboxylic acids is 2. The fourth-order valence-corrected chi connectivity index (χ4v) is 2.14. The van der Waals surface area contributed by atoms with Crippen molar-refractivity contribution in [3.05, 3.63) is 29.3 Å². The molecule has 0 radical (unpaired) electrons. The van der Waals surface area contributed by atoms with Gasteiger partial charge in [-0.15, -0.1) is 0 Å². The molecule has 0 spiro atoms. The van der Waals surface area contributed by atoms with Gasteiger partial charge in [0.05, 0.1) is 5.56 Å². The molecule has 1 aliphatic rings. The lowest BCUT2D eigenvalue weighted by Gasteiger charge is -2.23. The summed E-state index contributed by atoms with van der Waals surface area (Å²) in [6.45, 7) is 2.14. The SMILES string of the molecule is Cc1cc(C(=O)O)ccc1NC(=O)NC1CCC(=O)NC1. The van der Waals surface area contributed by atoms with Crippen LogP contribution in [0.4, 0.5) is 10.5 Å². The molecule has 1 unspecified atom stereocenters. The van der Waals surface area contributed by atoms with Crippen molar-refractivity contribution in [3.63, 3.8) is 0 Å². The number of hydrogen-bond donors (Lipinski definition) is 4. The first kappa shape index (κ1) is 14.8. The molecule has 4 N–H and O–H groups in total. The molecule has 1 heterocycles. The average Bonchev–Trinajstić information content (AvgIpc) is 2.43. The maximum Gasteiger partial charge on any atom is 0.335 e. The number of carboxylic acid groups (broad SMARTS) is 1. The van der Waals surface area contributed by atoms with E-state index < -0.39 is 5.97 Å². The average molecular weight is 291 g/mol. The molecule has 0 saturated carbocycles. The number of aromatic carboxylic acids is 1. The lowest BCUT2D eigenvalue weighted by Crippen LogP contribution is -2.48. The minimum Gasteiger partial charge on any atom is -0.478 e. The lowest BCUT2D eigenvalue weighted by molar-refractivity contribution is -0.122. The molecule has 1 aliphatic heterocycles. The predicted octanol–water partition coefficient (Wildman–Crippen LogP) is 1.09. The van der Waals surface area contributed by atoms with Crippen LogP contribution in [0, 0.1) is 6.92 Å². The Morgan fingerprint density at radius 1 is 1.38 bits per heavy atom. The molecule has 1 aromatic carbocycles. The van der Waals surface area contributed by atoms with E-state index in [0.29, 0.717) is 30.6 Å². The minimum absolute atomic E-state index is 0.00596. The van der Waals surface area contributed by atoms with Crippen molar-refractivity contribution >= 4 is 23.6 Å². The zero-order chi connectivity index (χ0) is 15.4. The van der Waals surface area contributed by atoms with Crippen molar-refractivity contribution in [2.75, 3.05) is 11.9 Å². The van der Waals surface area contributed by atoms with Crippen LogP contribution in [0.25, 0.3) is 0 Å². The number of urea groups is 1. The highest BCUT2D eigenvalue weighted by atomic mass is 16.4. The smallest absolute Gasteiger partial charge is 0.335 e. The number of piperidine rings is 1. The monoisotopic (exact) mass is 291 g/mol. The zero-order valence-electron chi connectivity index (χ0n) is 11.6. The molecule has 7 nitrogen and oxygen atoms in total. The zero-order valence-corrected chi connectivity index (χ0v) is 11.6. The van der Waals surface area contributed by atoms with Crippen LogP contribution in [-0.4, -0.2) is 35.6 Å². The summed E-state index contributed by atoms with van der Waals surface area (Å²) >= 11 is 0. The maximum absolute atomic E-state index is 11.9. The van der Waals surface area contributed by atoms with Crippen molar-refractivity contribution < 1.29 is 19.5 Å². The molecular formula is C14H17N3O4. The summed E-state index contributed by atoms with van der Waals surface area (Å²) in [6.07, 6.45) is 1.01. The predicted molar refractivity (Wildman–Crippen MR) is 76.3 cm³/mol. The Morgan fingerprint density at radius 2 is 2.14 bits per heavy atom. The highest BCUT2D eigenvalue weighted by molar-refractivity contribution is 5.93. The largest absolute Gasteiger partial charge is 0.478 e. The molecule has 0 aromatic heterocycles. The summed E-state index contributed by atoms with van der Waals surface area (Å²) in [5.41, 5.74) is 1.40. The van der Waals surface area contributed by atoms with Gasteiger partial charge in [-0.1, -0.05) is 0 Å². The summed E-state index contributed by atoms with van der Waals surface area (Å²) in [6, 6.07) is 4.02. The highest BCUT2D eigenvalue weighted by Gasteiger charge is 2.19. The van der Waals surface area contributed by atoms with E-state index in [0.717, 1.165) is 0 Å². The summed E-state index contributed by atoms with van der Waals surface area (Å²) in [5, 5.41) is 17.0. The van der Waals surface area contributed by atoms with Crippen molar-refractivity contribution in [3.8, 4) is 0 Å². The van der Waals surface area contributed by atoms with E-state index >= 15 is 0 Å². The van der Waals surface area contributed by atoms with Gasteiger partial charge >= 0.3 is 12.0 Å². The van der Waals surface area contributed by atoms with Crippen LogP contribution in [0.15, 0.2) is 18.2 Å². The molecule has 1 fully saturated rings. The van der Waals surface area contributed by atoms with E-state index in [1.165, 1.54) is 12.1 Å². The van der Waals surface area contributed by atoms with Crippen molar-refractivity contribution in [1.29, 1.82) is 0 Å². The molecule has 1 atom stereocenters. The minimum atomic E-state index is -1.01. The lowest BCUT2D eigenvalue weighted by atomic mass is 10.1. The highest BCUT2D eigenvalue weighted by Crippen LogP contribution is 2.16. The fourth-order valence-electron chi connectivity index (χ4n) is 2.14. The van der Waals surface area contributed by atoms with Crippen LogP contribution in [0.5, 0.6) is 0 Å². The van der Waals surface area contributed by atoms with Gasteiger partial charge in [0.1, 0.15) is 0 Å². The molecule has 21 heavy (non-hydrogen) atoms. The van der Waals surface area contributed by atoms with Crippen LogP contribution in [-0.2, 0) is 4.79 Å². The second-order valence-electron chi connectivity index (χ2n) is 4.97. The van der Waals surface area contributed by atoms with Gasteiger partial charge in [0.15, 0.2) is 0 Å². The van der Waals surface area contributed by atoms with Gasteiger partial charge in [-0.3, -0.25) is 4.79 Å². The molecule has 0 bridgehead atoms. The van der Waals surface area contributed by atoms with Crippen molar-refractivity contribution in [2.24, 2.45) is 0 Å².